The Bertz CT molecular complexity index is 497. The van der Waals surface area contributed by atoms with Gasteiger partial charge in [0, 0.05) is 12.1 Å². The summed E-state index contributed by atoms with van der Waals surface area (Å²) in [7, 11) is 0. The maximum Gasteiger partial charge on any atom is 0.130 e. The predicted octanol–water partition coefficient (Wildman–Crippen LogP) is 3.15. The Morgan fingerprint density at radius 1 is 1.24 bits per heavy atom. The molecule has 3 heteroatoms. The van der Waals surface area contributed by atoms with Crippen molar-refractivity contribution in [1.82, 2.24) is 9.78 Å². The summed E-state index contributed by atoms with van der Waals surface area (Å²) in [6, 6.07) is 13.0. The molecule has 1 aliphatic carbocycles. The van der Waals surface area contributed by atoms with Crippen molar-refractivity contribution >= 4 is 5.82 Å². The average Bonchev–Trinajstić information content (AvgIpc) is 2.66. The summed E-state index contributed by atoms with van der Waals surface area (Å²) in [4.78, 5) is 0. The molecular weight excluding hydrogens is 210 g/mol. The Balaban J connectivity index is 1.92. The van der Waals surface area contributed by atoms with Gasteiger partial charge in [0.25, 0.3) is 0 Å². The van der Waals surface area contributed by atoms with Gasteiger partial charge in [-0.25, -0.2) is 4.68 Å². The third-order valence-corrected chi connectivity index (χ3v) is 3.29. The summed E-state index contributed by atoms with van der Waals surface area (Å²) in [5, 5.41) is 8.11. The Hall–Kier alpha value is -1.77. The van der Waals surface area contributed by atoms with Gasteiger partial charge in [-0.05, 0) is 38.3 Å². The van der Waals surface area contributed by atoms with Crippen LogP contribution in [0.5, 0.6) is 0 Å². The van der Waals surface area contributed by atoms with Gasteiger partial charge in [-0.3, -0.25) is 0 Å². The molecule has 1 aliphatic rings. The molecule has 3 nitrogen and oxygen atoms in total. The van der Waals surface area contributed by atoms with Crippen LogP contribution in [0, 0.1) is 6.92 Å². The Labute approximate surface area is 101 Å². The van der Waals surface area contributed by atoms with Gasteiger partial charge < -0.3 is 5.32 Å². The summed E-state index contributed by atoms with van der Waals surface area (Å²) in [5.74, 6) is 1.11. The van der Waals surface area contributed by atoms with E-state index in [4.69, 9.17) is 0 Å². The minimum Gasteiger partial charge on any atom is -0.367 e. The minimum absolute atomic E-state index is 0.633. The van der Waals surface area contributed by atoms with Crippen molar-refractivity contribution in [3.05, 3.63) is 42.1 Å². The predicted molar refractivity (Wildman–Crippen MR) is 69.6 cm³/mol. The molecule has 0 spiro atoms. The van der Waals surface area contributed by atoms with Crippen LogP contribution in [0.25, 0.3) is 5.69 Å². The molecule has 1 saturated carbocycles. The maximum atomic E-state index is 4.55. The second-order valence-corrected chi connectivity index (χ2v) is 4.69. The van der Waals surface area contributed by atoms with Crippen LogP contribution in [0.15, 0.2) is 36.4 Å². The first-order chi connectivity index (χ1) is 8.33. The maximum absolute atomic E-state index is 4.55. The topological polar surface area (TPSA) is 29.9 Å². The quantitative estimate of drug-likeness (QED) is 0.873. The highest BCUT2D eigenvalue weighted by atomic mass is 15.3. The summed E-state index contributed by atoms with van der Waals surface area (Å²) < 4.78 is 1.99. The van der Waals surface area contributed by atoms with E-state index in [1.165, 1.54) is 19.3 Å². The number of nitrogens with zero attached hydrogens (tertiary/aromatic N) is 2. The van der Waals surface area contributed by atoms with Crippen molar-refractivity contribution < 1.29 is 0 Å². The molecule has 2 aromatic rings. The van der Waals surface area contributed by atoms with E-state index in [1.807, 2.05) is 29.8 Å². The fraction of sp³-hybridized carbons (Fsp3) is 0.357. The SMILES string of the molecule is Cc1cc(NC2CCC2)n(-c2ccccc2)n1. The van der Waals surface area contributed by atoms with E-state index in [9.17, 15) is 0 Å². The second kappa shape index (κ2) is 4.24. The van der Waals surface area contributed by atoms with E-state index in [2.05, 4.69) is 28.6 Å². The number of aryl methyl sites for hydroxylation is 1. The van der Waals surface area contributed by atoms with Gasteiger partial charge in [-0.1, -0.05) is 18.2 Å². The molecule has 1 N–H and O–H groups in total. The number of hydrogen-bond donors (Lipinski definition) is 1. The summed E-state index contributed by atoms with van der Waals surface area (Å²) in [6.07, 6.45) is 3.90. The first kappa shape index (κ1) is 10.4. The molecule has 1 aromatic carbocycles. The first-order valence-electron chi connectivity index (χ1n) is 6.21. The number of aromatic nitrogens is 2. The number of rotatable bonds is 3. The zero-order valence-corrected chi connectivity index (χ0v) is 10.1. The standard InChI is InChI=1S/C14H17N3/c1-11-10-14(15-12-6-5-7-12)17(16-11)13-8-3-2-4-9-13/h2-4,8-10,12,15H,5-7H2,1H3. The first-order valence-corrected chi connectivity index (χ1v) is 6.21. The minimum atomic E-state index is 0.633. The van der Waals surface area contributed by atoms with E-state index >= 15 is 0 Å². The second-order valence-electron chi connectivity index (χ2n) is 4.69. The van der Waals surface area contributed by atoms with Gasteiger partial charge >= 0.3 is 0 Å². The average molecular weight is 227 g/mol. The molecule has 0 amide bonds. The molecule has 1 fully saturated rings. The molecular formula is C14H17N3. The van der Waals surface area contributed by atoms with Gasteiger partial charge in [0.2, 0.25) is 0 Å². The smallest absolute Gasteiger partial charge is 0.130 e. The van der Waals surface area contributed by atoms with Crippen molar-refractivity contribution in [3.63, 3.8) is 0 Å². The lowest BCUT2D eigenvalue weighted by Gasteiger charge is -2.27. The molecule has 0 unspecified atom stereocenters. The summed E-state index contributed by atoms with van der Waals surface area (Å²) in [5.41, 5.74) is 2.16. The monoisotopic (exact) mass is 227 g/mol. The van der Waals surface area contributed by atoms with Crippen molar-refractivity contribution in [3.8, 4) is 5.69 Å². The van der Waals surface area contributed by atoms with Crippen LogP contribution in [-0.4, -0.2) is 15.8 Å². The summed E-state index contributed by atoms with van der Waals surface area (Å²) >= 11 is 0. The van der Waals surface area contributed by atoms with Crippen LogP contribution in [-0.2, 0) is 0 Å². The highest BCUT2D eigenvalue weighted by Crippen LogP contribution is 2.25. The molecule has 1 heterocycles. The van der Waals surface area contributed by atoms with E-state index < -0.39 is 0 Å². The van der Waals surface area contributed by atoms with Crippen molar-refractivity contribution in [2.75, 3.05) is 5.32 Å². The van der Waals surface area contributed by atoms with Crippen molar-refractivity contribution in [2.45, 2.75) is 32.2 Å². The number of hydrogen-bond acceptors (Lipinski definition) is 2. The zero-order chi connectivity index (χ0) is 11.7. The highest BCUT2D eigenvalue weighted by Gasteiger charge is 2.19. The van der Waals surface area contributed by atoms with Gasteiger partial charge in [0.15, 0.2) is 0 Å². The molecule has 0 atom stereocenters. The largest absolute Gasteiger partial charge is 0.367 e. The van der Waals surface area contributed by atoms with E-state index in [-0.39, 0.29) is 0 Å². The molecule has 3 rings (SSSR count). The van der Waals surface area contributed by atoms with Crippen LogP contribution in [0.1, 0.15) is 25.0 Å². The van der Waals surface area contributed by atoms with E-state index in [0.717, 1.165) is 17.2 Å². The fourth-order valence-corrected chi connectivity index (χ4v) is 2.13. The lowest BCUT2D eigenvalue weighted by atomic mass is 9.93. The highest BCUT2D eigenvalue weighted by molar-refractivity contribution is 5.46. The van der Waals surface area contributed by atoms with Crippen LogP contribution >= 0.6 is 0 Å². The van der Waals surface area contributed by atoms with Gasteiger partial charge in [0.05, 0.1) is 11.4 Å². The third-order valence-electron chi connectivity index (χ3n) is 3.29. The van der Waals surface area contributed by atoms with Crippen molar-refractivity contribution in [1.29, 1.82) is 0 Å². The Kier molecular flexibility index (Phi) is 2.59. The Morgan fingerprint density at radius 2 is 2.00 bits per heavy atom. The van der Waals surface area contributed by atoms with E-state index in [0.29, 0.717) is 6.04 Å². The third kappa shape index (κ3) is 2.05. The van der Waals surface area contributed by atoms with Crippen LogP contribution in [0.3, 0.4) is 0 Å². The van der Waals surface area contributed by atoms with Crippen LogP contribution in [0.4, 0.5) is 5.82 Å². The van der Waals surface area contributed by atoms with Gasteiger partial charge in [-0.2, -0.15) is 5.10 Å². The number of benzene rings is 1. The number of nitrogens with one attached hydrogen (secondary N) is 1. The molecule has 1 aromatic heterocycles. The molecule has 88 valence electrons. The molecule has 0 bridgehead atoms. The number of para-hydroxylation sites is 1. The van der Waals surface area contributed by atoms with Crippen molar-refractivity contribution in [2.24, 2.45) is 0 Å². The Morgan fingerprint density at radius 3 is 2.65 bits per heavy atom. The molecule has 0 radical (unpaired) electrons. The molecule has 0 aliphatic heterocycles. The van der Waals surface area contributed by atoms with Gasteiger partial charge in [0.1, 0.15) is 5.82 Å². The van der Waals surface area contributed by atoms with Gasteiger partial charge in [-0.15, -0.1) is 0 Å². The zero-order valence-electron chi connectivity index (χ0n) is 10.1. The van der Waals surface area contributed by atoms with E-state index in [1.54, 1.807) is 0 Å². The van der Waals surface area contributed by atoms with Crippen LogP contribution in [0.2, 0.25) is 0 Å². The lowest BCUT2D eigenvalue weighted by molar-refractivity contribution is 0.443. The summed E-state index contributed by atoms with van der Waals surface area (Å²) in [6.45, 7) is 2.03. The fourth-order valence-electron chi connectivity index (χ4n) is 2.13. The molecule has 0 saturated heterocycles. The normalized spacial score (nSPS) is 15.6. The lowest BCUT2D eigenvalue weighted by Crippen LogP contribution is -2.28. The number of anilines is 1. The molecule has 17 heavy (non-hydrogen) atoms. The van der Waals surface area contributed by atoms with Crippen LogP contribution < -0.4 is 5.32 Å².